The van der Waals surface area contributed by atoms with Crippen LogP contribution in [0, 0.1) is 0 Å². The van der Waals surface area contributed by atoms with E-state index in [0.717, 1.165) is 12.1 Å². The van der Waals surface area contributed by atoms with Gasteiger partial charge in [0.05, 0.1) is 22.2 Å². The zero-order valence-corrected chi connectivity index (χ0v) is 12.4. The summed E-state index contributed by atoms with van der Waals surface area (Å²) in [5, 5.41) is 0. The van der Waals surface area contributed by atoms with Crippen molar-refractivity contribution in [3.63, 3.8) is 0 Å². The van der Waals surface area contributed by atoms with Crippen LogP contribution in [-0.2, 0) is 12.4 Å². The lowest BCUT2D eigenvalue weighted by Gasteiger charge is -2.14. The third kappa shape index (κ3) is 3.67. The Morgan fingerprint density at radius 2 is 1.56 bits per heavy atom. The van der Waals surface area contributed by atoms with E-state index in [1.54, 1.807) is 24.3 Å². The summed E-state index contributed by atoms with van der Waals surface area (Å²) in [5.74, 6) is 0.300. The summed E-state index contributed by atoms with van der Waals surface area (Å²) in [4.78, 5) is 7.07. The average Bonchev–Trinajstić information content (AvgIpc) is 2.93. The summed E-state index contributed by atoms with van der Waals surface area (Å²) in [6.07, 6.45) is -7.38. The Kier molecular flexibility index (Phi) is 4.06. The van der Waals surface area contributed by atoms with Gasteiger partial charge < -0.3 is 4.98 Å². The lowest BCUT2D eigenvalue weighted by Crippen LogP contribution is -2.12. The van der Waals surface area contributed by atoms with Crippen molar-refractivity contribution in [2.24, 2.45) is 0 Å². The number of H-pyrrole nitrogens is 1. The van der Waals surface area contributed by atoms with Gasteiger partial charge in [-0.15, -0.1) is 0 Å². The maximum absolute atomic E-state index is 13.1. The molecule has 3 aromatic rings. The first-order valence-electron chi connectivity index (χ1n) is 7.06. The summed E-state index contributed by atoms with van der Waals surface area (Å²) in [7, 11) is 0. The van der Waals surface area contributed by atoms with E-state index in [-0.39, 0.29) is 11.6 Å². The Morgan fingerprint density at radius 3 is 2.20 bits per heavy atom. The number of hydrogen-bond donors (Lipinski definition) is 1. The van der Waals surface area contributed by atoms with Crippen molar-refractivity contribution < 1.29 is 26.3 Å². The number of nitrogens with one attached hydrogen (secondary N) is 1. The highest BCUT2D eigenvalue weighted by Crippen LogP contribution is 2.37. The summed E-state index contributed by atoms with van der Waals surface area (Å²) < 4.78 is 77.2. The van der Waals surface area contributed by atoms with E-state index in [4.69, 9.17) is 0 Å². The number of hydrogen-bond acceptors (Lipinski definition) is 1. The predicted octanol–water partition coefficient (Wildman–Crippen LogP) is 5.77. The molecule has 25 heavy (non-hydrogen) atoms. The van der Waals surface area contributed by atoms with E-state index in [9.17, 15) is 26.3 Å². The molecule has 0 bridgehead atoms. The van der Waals surface area contributed by atoms with Gasteiger partial charge in [-0.25, -0.2) is 4.98 Å². The first kappa shape index (κ1) is 17.1. The van der Waals surface area contributed by atoms with Crippen LogP contribution in [0.15, 0.2) is 42.5 Å². The molecule has 1 N–H and O–H groups in total. The first-order chi connectivity index (χ1) is 11.6. The molecule has 0 saturated carbocycles. The molecule has 3 rings (SSSR count). The molecule has 0 saturated heterocycles. The van der Waals surface area contributed by atoms with E-state index in [1.807, 2.05) is 0 Å². The number of nitrogens with zero attached hydrogens (tertiary/aromatic N) is 1. The van der Waals surface area contributed by atoms with E-state index < -0.39 is 23.5 Å². The van der Waals surface area contributed by atoms with Gasteiger partial charge in [0.2, 0.25) is 0 Å². The van der Waals surface area contributed by atoms with E-state index in [1.165, 1.54) is 6.08 Å². The van der Waals surface area contributed by atoms with Crippen LogP contribution >= 0.6 is 0 Å². The van der Waals surface area contributed by atoms with E-state index in [2.05, 4.69) is 9.97 Å². The van der Waals surface area contributed by atoms with Crippen LogP contribution in [0.3, 0.4) is 0 Å². The number of aromatic amines is 1. The van der Waals surface area contributed by atoms with Crippen LogP contribution in [-0.4, -0.2) is 9.97 Å². The molecule has 0 atom stereocenters. The highest BCUT2D eigenvalue weighted by Gasteiger charge is 2.37. The van der Waals surface area contributed by atoms with Gasteiger partial charge >= 0.3 is 12.4 Å². The van der Waals surface area contributed by atoms with Crippen LogP contribution in [0.5, 0.6) is 0 Å². The zero-order valence-electron chi connectivity index (χ0n) is 12.4. The highest BCUT2D eigenvalue weighted by atomic mass is 19.4. The fourth-order valence-electron chi connectivity index (χ4n) is 2.34. The molecule has 0 spiro atoms. The third-order valence-corrected chi connectivity index (χ3v) is 3.51. The molecule has 0 unspecified atom stereocenters. The molecule has 0 radical (unpaired) electrons. The number of alkyl halides is 6. The molecule has 0 aliphatic rings. The largest absolute Gasteiger partial charge is 0.417 e. The molecule has 1 aromatic heterocycles. The van der Waals surface area contributed by atoms with Crippen LogP contribution in [0.4, 0.5) is 26.3 Å². The lowest BCUT2D eigenvalue weighted by molar-refractivity contribution is -0.143. The fourth-order valence-corrected chi connectivity index (χ4v) is 2.34. The standard InChI is InChI=1S/C17H10F6N2/c18-16(19,20)11-7-5-10(12(9-11)17(21,22)23)6-8-15-24-13-3-1-2-4-14(13)25-15/h1-9H,(H,24,25). The smallest absolute Gasteiger partial charge is 0.338 e. The summed E-state index contributed by atoms with van der Waals surface area (Å²) >= 11 is 0. The number of para-hydroxylation sites is 2. The minimum Gasteiger partial charge on any atom is -0.338 e. The van der Waals surface area contributed by atoms with Crippen molar-refractivity contribution in [3.8, 4) is 0 Å². The van der Waals surface area contributed by atoms with Crippen molar-refractivity contribution in [2.45, 2.75) is 12.4 Å². The van der Waals surface area contributed by atoms with Gasteiger partial charge in [0.15, 0.2) is 0 Å². The van der Waals surface area contributed by atoms with Gasteiger partial charge in [-0.3, -0.25) is 0 Å². The third-order valence-electron chi connectivity index (χ3n) is 3.51. The minimum atomic E-state index is -4.91. The predicted molar refractivity (Wildman–Crippen MR) is 81.5 cm³/mol. The lowest BCUT2D eigenvalue weighted by atomic mass is 10.0. The number of fused-ring (bicyclic) bond motifs is 1. The monoisotopic (exact) mass is 356 g/mol. The van der Waals surface area contributed by atoms with Gasteiger partial charge in [-0.2, -0.15) is 26.3 Å². The number of rotatable bonds is 2. The van der Waals surface area contributed by atoms with Crippen LogP contribution in [0.25, 0.3) is 23.2 Å². The Bertz CT molecular complexity index is 901. The molecule has 0 aliphatic carbocycles. The molecule has 130 valence electrons. The molecule has 8 heteroatoms. The Balaban J connectivity index is 2.01. The molecule has 0 fully saturated rings. The molecular weight excluding hydrogens is 346 g/mol. The topological polar surface area (TPSA) is 28.7 Å². The Labute approximate surface area is 137 Å². The summed E-state index contributed by atoms with van der Waals surface area (Å²) in [5.41, 5.74) is -1.74. The number of benzene rings is 2. The second-order valence-electron chi connectivity index (χ2n) is 5.27. The van der Waals surface area contributed by atoms with Crippen molar-refractivity contribution >= 4 is 23.2 Å². The van der Waals surface area contributed by atoms with Crippen LogP contribution < -0.4 is 0 Å². The SMILES string of the molecule is FC(F)(F)c1ccc(C=Cc2nc3ccccc3[nH]2)c(C(F)(F)F)c1. The average molecular weight is 356 g/mol. The van der Waals surface area contributed by atoms with E-state index >= 15 is 0 Å². The Morgan fingerprint density at radius 1 is 0.840 bits per heavy atom. The molecule has 1 heterocycles. The molecule has 0 aliphatic heterocycles. The first-order valence-corrected chi connectivity index (χ1v) is 7.06. The van der Waals surface area contributed by atoms with Crippen molar-refractivity contribution in [1.29, 1.82) is 0 Å². The second kappa shape index (κ2) is 5.94. The number of imidazole rings is 1. The van der Waals surface area contributed by atoms with Gasteiger partial charge in [-0.1, -0.05) is 24.3 Å². The summed E-state index contributed by atoms with van der Waals surface area (Å²) in [6, 6.07) is 8.53. The quantitative estimate of drug-likeness (QED) is 0.580. The Hall–Kier alpha value is -2.77. The molecular formula is C17H10F6N2. The minimum absolute atomic E-state index is 0.109. The molecule has 2 aromatic carbocycles. The fraction of sp³-hybridized carbons (Fsp3) is 0.118. The summed E-state index contributed by atoms with van der Waals surface area (Å²) in [6.45, 7) is 0. The molecule has 0 amide bonds. The zero-order chi connectivity index (χ0) is 18.2. The maximum atomic E-state index is 13.1. The second-order valence-corrected chi connectivity index (χ2v) is 5.27. The van der Waals surface area contributed by atoms with Crippen molar-refractivity contribution in [1.82, 2.24) is 9.97 Å². The van der Waals surface area contributed by atoms with Crippen molar-refractivity contribution in [3.05, 3.63) is 65.0 Å². The van der Waals surface area contributed by atoms with Gasteiger partial charge in [0.1, 0.15) is 5.82 Å². The maximum Gasteiger partial charge on any atom is 0.417 e. The van der Waals surface area contributed by atoms with Crippen molar-refractivity contribution in [2.75, 3.05) is 0 Å². The van der Waals surface area contributed by atoms with Crippen LogP contribution in [0.1, 0.15) is 22.5 Å². The van der Waals surface area contributed by atoms with Gasteiger partial charge in [0.25, 0.3) is 0 Å². The van der Waals surface area contributed by atoms with E-state index in [0.29, 0.717) is 22.9 Å². The normalized spacial score (nSPS) is 13.0. The van der Waals surface area contributed by atoms with Gasteiger partial charge in [-0.05, 0) is 35.9 Å². The van der Waals surface area contributed by atoms with Gasteiger partial charge in [0, 0.05) is 0 Å². The van der Waals surface area contributed by atoms with Crippen LogP contribution in [0.2, 0.25) is 0 Å². The highest BCUT2D eigenvalue weighted by molar-refractivity contribution is 5.79. The number of aromatic nitrogens is 2. The molecule has 2 nitrogen and oxygen atoms in total. The number of halogens is 6.